The Bertz CT molecular complexity index is 449. The number of aliphatic imine (C=N–C) groups is 1. The van der Waals surface area contributed by atoms with Gasteiger partial charge in [0.25, 0.3) is 0 Å². The molecule has 0 aromatic heterocycles. The number of hydrogen-bond donors (Lipinski definition) is 2. The van der Waals surface area contributed by atoms with E-state index in [0.29, 0.717) is 13.2 Å². The maximum atomic E-state index is 5.65. The van der Waals surface area contributed by atoms with Gasteiger partial charge in [0, 0.05) is 20.1 Å². The quantitative estimate of drug-likeness (QED) is 0.286. The standard InChI is InChI=1S/C17H30N4O.HI/c1-17(2,14-21(4)5)13-20-16(18-3)19-11-12-22-15-9-7-6-8-10-15;/h6-10H,11-14H2,1-5H3,(H2,18,19,20);1H. The highest BCUT2D eigenvalue weighted by Crippen LogP contribution is 2.13. The summed E-state index contributed by atoms with van der Waals surface area (Å²) in [5.74, 6) is 1.70. The molecule has 23 heavy (non-hydrogen) atoms. The largest absolute Gasteiger partial charge is 0.492 e. The molecule has 0 amide bonds. The third-order valence-corrected chi connectivity index (χ3v) is 3.11. The minimum Gasteiger partial charge on any atom is -0.492 e. The molecule has 0 fully saturated rings. The van der Waals surface area contributed by atoms with Crippen LogP contribution in [-0.2, 0) is 0 Å². The van der Waals surface area contributed by atoms with Crippen LogP contribution < -0.4 is 15.4 Å². The lowest BCUT2D eigenvalue weighted by atomic mass is 9.93. The van der Waals surface area contributed by atoms with E-state index in [1.807, 2.05) is 30.3 Å². The first-order chi connectivity index (χ1) is 10.4. The van der Waals surface area contributed by atoms with Crippen LogP contribution in [0.1, 0.15) is 13.8 Å². The summed E-state index contributed by atoms with van der Waals surface area (Å²) in [6.45, 7) is 7.69. The molecule has 1 aromatic carbocycles. The van der Waals surface area contributed by atoms with Gasteiger partial charge in [-0.25, -0.2) is 0 Å². The predicted octanol–water partition coefficient (Wildman–Crippen LogP) is 2.44. The van der Waals surface area contributed by atoms with Gasteiger partial charge in [-0.2, -0.15) is 0 Å². The molecule has 6 heteroatoms. The van der Waals surface area contributed by atoms with E-state index in [-0.39, 0.29) is 29.4 Å². The number of ether oxygens (including phenoxy) is 1. The van der Waals surface area contributed by atoms with E-state index in [1.165, 1.54) is 0 Å². The molecule has 0 saturated carbocycles. The zero-order valence-electron chi connectivity index (χ0n) is 14.9. The highest BCUT2D eigenvalue weighted by Gasteiger charge is 2.19. The summed E-state index contributed by atoms with van der Waals surface area (Å²) in [6.07, 6.45) is 0. The van der Waals surface area contributed by atoms with Crippen molar-refractivity contribution in [2.45, 2.75) is 13.8 Å². The summed E-state index contributed by atoms with van der Waals surface area (Å²) in [5, 5.41) is 6.64. The topological polar surface area (TPSA) is 48.9 Å². The van der Waals surface area contributed by atoms with Gasteiger partial charge in [-0.1, -0.05) is 32.0 Å². The molecule has 1 rings (SSSR count). The molecule has 2 N–H and O–H groups in total. The number of guanidine groups is 1. The molecule has 0 radical (unpaired) electrons. The molecule has 0 saturated heterocycles. The van der Waals surface area contributed by atoms with Crippen LogP contribution in [0.25, 0.3) is 0 Å². The Hall–Kier alpha value is -1.02. The van der Waals surface area contributed by atoms with Crippen LogP contribution in [0.15, 0.2) is 35.3 Å². The van der Waals surface area contributed by atoms with Gasteiger partial charge in [0.15, 0.2) is 5.96 Å². The number of nitrogens with one attached hydrogen (secondary N) is 2. The van der Waals surface area contributed by atoms with Gasteiger partial charge in [0.1, 0.15) is 12.4 Å². The molecule has 132 valence electrons. The lowest BCUT2D eigenvalue weighted by Gasteiger charge is -2.29. The Balaban J connectivity index is 0.00000484. The maximum absolute atomic E-state index is 5.65. The van der Waals surface area contributed by atoms with E-state index in [0.717, 1.165) is 24.8 Å². The van der Waals surface area contributed by atoms with Crippen molar-refractivity contribution in [3.63, 3.8) is 0 Å². The third-order valence-electron chi connectivity index (χ3n) is 3.11. The number of hydrogen-bond acceptors (Lipinski definition) is 3. The Morgan fingerprint density at radius 2 is 1.83 bits per heavy atom. The zero-order chi connectivity index (χ0) is 16.4. The van der Waals surface area contributed by atoms with E-state index in [9.17, 15) is 0 Å². The second-order valence-corrected chi connectivity index (χ2v) is 6.42. The fourth-order valence-electron chi connectivity index (χ4n) is 2.31. The monoisotopic (exact) mass is 434 g/mol. The first-order valence-corrected chi connectivity index (χ1v) is 7.70. The van der Waals surface area contributed by atoms with Crippen LogP contribution in [-0.4, -0.2) is 58.2 Å². The van der Waals surface area contributed by atoms with Gasteiger partial charge in [-0.05, 0) is 31.6 Å². The molecule has 5 nitrogen and oxygen atoms in total. The molecule has 0 spiro atoms. The van der Waals surface area contributed by atoms with Gasteiger partial charge in [0.05, 0.1) is 6.54 Å². The van der Waals surface area contributed by atoms with E-state index < -0.39 is 0 Å². The average molecular weight is 434 g/mol. The summed E-state index contributed by atoms with van der Waals surface area (Å²) in [7, 11) is 5.97. The van der Waals surface area contributed by atoms with Gasteiger partial charge in [-0.3, -0.25) is 4.99 Å². The highest BCUT2D eigenvalue weighted by molar-refractivity contribution is 14.0. The van der Waals surface area contributed by atoms with Crippen molar-refractivity contribution >= 4 is 29.9 Å². The Labute approximate surface area is 157 Å². The lowest BCUT2D eigenvalue weighted by molar-refractivity contribution is 0.241. The number of rotatable bonds is 8. The second kappa shape index (κ2) is 11.5. The van der Waals surface area contributed by atoms with E-state index in [1.54, 1.807) is 7.05 Å². The fourth-order valence-corrected chi connectivity index (χ4v) is 2.31. The first-order valence-electron chi connectivity index (χ1n) is 7.70. The SMILES string of the molecule is CN=C(NCCOc1ccccc1)NCC(C)(C)CN(C)C.I. The Kier molecular flexibility index (Phi) is 11.0. The minimum absolute atomic E-state index is 0. The average Bonchev–Trinajstić information content (AvgIpc) is 2.46. The van der Waals surface area contributed by atoms with Crippen molar-refractivity contribution in [3.8, 4) is 5.75 Å². The molecule has 0 aliphatic rings. The van der Waals surface area contributed by atoms with Crippen molar-refractivity contribution in [1.29, 1.82) is 0 Å². The van der Waals surface area contributed by atoms with E-state index >= 15 is 0 Å². The van der Waals surface area contributed by atoms with Crippen molar-refractivity contribution in [3.05, 3.63) is 30.3 Å². The molecule has 0 atom stereocenters. The number of halogens is 1. The van der Waals surface area contributed by atoms with Crippen LogP contribution >= 0.6 is 24.0 Å². The molecule has 0 bridgehead atoms. The van der Waals surface area contributed by atoms with Crippen molar-refractivity contribution in [2.24, 2.45) is 10.4 Å². The van der Waals surface area contributed by atoms with Crippen LogP contribution in [0.2, 0.25) is 0 Å². The van der Waals surface area contributed by atoms with Gasteiger partial charge < -0.3 is 20.3 Å². The fraction of sp³-hybridized carbons (Fsp3) is 0.588. The summed E-state index contributed by atoms with van der Waals surface area (Å²) in [6, 6.07) is 9.83. The van der Waals surface area contributed by atoms with Crippen LogP contribution in [0, 0.1) is 5.41 Å². The zero-order valence-corrected chi connectivity index (χ0v) is 17.3. The summed E-state index contributed by atoms with van der Waals surface area (Å²) < 4.78 is 5.65. The lowest BCUT2D eigenvalue weighted by Crippen LogP contribution is -2.45. The molecular formula is C17H31IN4O. The van der Waals surface area contributed by atoms with Gasteiger partial charge in [-0.15, -0.1) is 24.0 Å². The van der Waals surface area contributed by atoms with Gasteiger partial charge in [0.2, 0.25) is 0 Å². The maximum Gasteiger partial charge on any atom is 0.191 e. The van der Waals surface area contributed by atoms with E-state index in [4.69, 9.17) is 4.74 Å². The minimum atomic E-state index is 0. The molecule has 0 unspecified atom stereocenters. The summed E-state index contributed by atoms with van der Waals surface area (Å²) in [5.41, 5.74) is 0.182. The normalized spacial score (nSPS) is 11.8. The number of nitrogens with zero attached hydrogens (tertiary/aromatic N) is 2. The number of para-hydroxylation sites is 1. The highest BCUT2D eigenvalue weighted by atomic mass is 127. The Morgan fingerprint density at radius 1 is 1.17 bits per heavy atom. The molecular weight excluding hydrogens is 403 g/mol. The summed E-state index contributed by atoms with van der Waals surface area (Å²) >= 11 is 0. The molecule has 0 aliphatic heterocycles. The van der Waals surface area contributed by atoms with Gasteiger partial charge >= 0.3 is 0 Å². The van der Waals surface area contributed by atoms with Crippen molar-refractivity contribution in [1.82, 2.24) is 15.5 Å². The summed E-state index contributed by atoms with van der Waals surface area (Å²) in [4.78, 5) is 6.44. The van der Waals surface area contributed by atoms with Crippen LogP contribution in [0.3, 0.4) is 0 Å². The smallest absolute Gasteiger partial charge is 0.191 e. The van der Waals surface area contributed by atoms with Crippen LogP contribution in [0.4, 0.5) is 0 Å². The second-order valence-electron chi connectivity index (χ2n) is 6.42. The van der Waals surface area contributed by atoms with E-state index in [2.05, 4.69) is 48.5 Å². The third kappa shape index (κ3) is 10.4. The number of benzene rings is 1. The van der Waals surface area contributed by atoms with Crippen molar-refractivity contribution in [2.75, 3.05) is 47.4 Å². The van der Waals surface area contributed by atoms with Crippen LogP contribution in [0.5, 0.6) is 5.75 Å². The Morgan fingerprint density at radius 3 is 2.39 bits per heavy atom. The van der Waals surface area contributed by atoms with Crippen molar-refractivity contribution < 1.29 is 4.74 Å². The molecule has 0 heterocycles. The molecule has 1 aromatic rings. The molecule has 0 aliphatic carbocycles. The predicted molar refractivity (Wildman–Crippen MR) is 109 cm³/mol. The first kappa shape index (κ1) is 22.0.